The van der Waals surface area contributed by atoms with Gasteiger partial charge in [0.15, 0.2) is 0 Å². The van der Waals surface area contributed by atoms with Crippen molar-refractivity contribution >= 4 is 23.2 Å². The van der Waals surface area contributed by atoms with Crippen molar-refractivity contribution in [3.63, 3.8) is 0 Å². The van der Waals surface area contributed by atoms with Gasteiger partial charge in [0.1, 0.15) is 10.3 Å². The van der Waals surface area contributed by atoms with Crippen LogP contribution < -0.4 is 5.73 Å². The quantitative estimate of drug-likeness (QED) is 0.782. The molecule has 0 amide bonds. The van der Waals surface area contributed by atoms with Gasteiger partial charge in [-0.2, -0.15) is 0 Å². The molecule has 0 aromatic carbocycles. The summed E-state index contributed by atoms with van der Waals surface area (Å²) in [7, 11) is 0. The van der Waals surface area contributed by atoms with Crippen LogP contribution in [0.3, 0.4) is 0 Å². The van der Waals surface area contributed by atoms with E-state index >= 15 is 0 Å². The number of nitrogens with zero attached hydrogens (tertiary/aromatic N) is 1. The third kappa shape index (κ3) is 1.97. The van der Waals surface area contributed by atoms with Crippen LogP contribution in [0.25, 0.3) is 0 Å². The van der Waals surface area contributed by atoms with E-state index in [0.29, 0.717) is 29.7 Å². The normalized spacial score (nSPS) is 30.0. The standard InChI is InChI=1S/C10H12Cl2N2O/c11-8-1-6(2-9(12)14-8)10(5-13)3-7(15)4-10/h1-2,7,15H,3-5,13H2. The van der Waals surface area contributed by atoms with Crippen molar-refractivity contribution in [2.24, 2.45) is 5.73 Å². The minimum Gasteiger partial charge on any atom is -0.393 e. The van der Waals surface area contributed by atoms with Crippen molar-refractivity contribution in [1.82, 2.24) is 4.98 Å². The van der Waals surface area contributed by atoms with Crippen LogP contribution in [-0.2, 0) is 5.41 Å². The molecule has 3 nitrogen and oxygen atoms in total. The van der Waals surface area contributed by atoms with Crippen molar-refractivity contribution < 1.29 is 5.11 Å². The summed E-state index contributed by atoms with van der Waals surface area (Å²) in [5.74, 6) is 0. The Morgan fingerprint density at radius 1 is 1.40 bits per heavy atom. The van der Waals surface area contributed by atoms with E-state index in [0.717, 1.165) is 5.56 Å². The van der Waals surface area contributed by atoms with Gasteiger partial charge in [-0.15, -0.1) is 0 Å². The molecule has 82 valence electrons. The molecule has 1 heterocycles. The number of hydrogen-bond acceptors (Lipinski definition) is 3. The van der Waals surface area contributed by atoms with Crippen LogP contribution in [0, 0.1) is 0 Å². The van der Waals surface area contributed by atoms with Crippen LogP contribution in [0.1, 0.15) is 18.4 Å². The lowest BCUT2D eigenvalue weighted by molar-refractivity contribution is 0.0221. The summed E-state index contributed by atoms with van der Waals surface area (Å²) < 4.78 is 0. The van der Waals surface area contributed by atoms with Crippen LogP contribution in [0.15, 0.2) is 12.1 Å². The number of aliphatic hydroxyl groups is 1. The number of pyridine rings is 1. The highest BCUT2D eigenvalue weighted by Crippen LogP contribution is 2.43. The number of aliphatic hydroxyl groups excluding tert-OH is 1. The van der Waals surface area contributed by atoms with Crippen LogP contribution in [0.2, 0.25) is 10.3 Å². The molecule has 0 bridgehead atoms. The Bertz CT molecular complexity index is 357. The first kappa shape index (κ1) is 11.1. The molecule has 1 aliphatic carbocycles. The minimum absolute atomic E-state index is 0.171. The van der Waals surface area contributed by atoms with E-state index < -0.39 is 0 Å². The molecule has 3 N–H and O–H groups in total. The topological polar surface area (TPSA) is 59.1 Å². The molecule has 0 unspecified atom stereocenters. The van der Waals surface area contributed by atoms with E-state index in [1.807, 2.05) is 0 Å². The van der Waals surface area contributed by atoms with Gasteiger partial charge in [-0.3, -0.25) is 0 Å². The minimum atomic E-state index is -0.265. The van der Waals surface area contributed by atoms with Crippen molar-refractivity contribution in [2.45, 2.75) is 24.4 Å². The smallest absolute Gasteiger partial charge is 0.131 e. The third-order valence-corrected chi connectivity index (χ3v) is 3.41. The molecule has 0 saturated heterocycles. The SMILES string of the molecule is NCC1(c2cc(Cl)nc(Cl)c2)CC(O)C1. The first-order valence-electron chi connectivity index (χ1n) is 4.77. The average molecular weight is 247 g/mol. The number of aromatic nitrogens is 1. The summed E-state index contributed by atoms with van der Waals surface area (Å²) in [6, 6.07) is 3.54. The number of halogens is 2. The molecular weight excluding hydrogens is 235 g/mol. The van der Waals surface area contributed by atoms with Gasteiger partial charge < -0.3 is 10.8 Å². The van der Waals surface area contributed by atoms with Gasteiger partial charge in [-0.05, 0) is 30.5 Å². The Morgan fingerprint density at radius 3 is 2.33 bits per heavy atom. The summed E-state index contributed by atoms with van der Waals surface area (Å²) in [5, 5.41) is 10.1. The molecule has 1 aromatic heterocycles. The zero-order valence-electron chi connectivity index (χ0n) is 8.08. The zero-order chi connectivity index (χ0) is 11.1. The Balaban J connectivity index is 2.35. The highest BCUT2D eigenvalue weighted by molar-refractivity contribution is 6.32. The monoisotopic (exact) mass is 246 g/mol. The third-order valence-electron chi connectivity index (χ3n) is 3.02. The second-order valence-corrected chi connectivity index (χ2v) is 4.82. The Morgan fingerprint density at radius 2 is 1.93 bits per heavy atom. The summed E-state index contributed by atoms with van der Waals surface area (Å²) in [6.45, 7) is 0.487. The number of rotatable bonds is 2. The van der Waals surface area contributed by atoms with Crippen molar-refractivity contribution in [2.75, 3.05) is 6.54 Å². The zero-order valence-corrected chi connectivity index (χ0v) is 9.59. The van der Waals surface area contributed by atoms with Gasteiger partial charge in [-0.25, -0.2) is 4.98 Å². The maximum Gasteiger partial charge on any atom is 0.131 e. The lowest BCUT2D eigenvalue weighted by Crippen LogP contribution is -2.49. The Hall–Kier alpha value is -0.350. The molecule has 0 spiro atoms. The largest absolute Gasteiger partial charge is 0.393 e. The van der Waals surface area contributed by atoms with E-state index in [2.05, 4.69) is 4.98 Å². The molecule has 0 atom stereocenters. The van der Waals surface area contributed by atoms with Crippen LogP contribution in [0.5, 0.6) is 0 Å². The van der Waals surface area contributed by atoms with E-state index in [1.165, 1.54) is 0 Å². The van der Waals surface area contributed by atoms with Gasteiger partial charge in [0, 0.05) is 12.0 Å². The van der Waals surface area contributed by atoms with Gasteiger partial charge >= 0.3 is 0 Å². The molecule has 1 aromatic rings. The Labute approximate surface area is 98.2 Å². The molecule has 2 rings (SSSR count). The maximum absolute atomic E-state index is 9.38. The molecule has 1 aliphatic rings. The average Bonchev–Trinajstić information content (AvgIpc) is 2.10. The molecule has 5 heteroatoms. The van der Waals surface area contributed by atoms with Crippen LogP contribution >= 0.6 is 23.2 Å². The maximum atomic E-state index is 9.38. The second kappa shape index (κ2) is 3.91. The van der Waals surface area contributed by atoms with Crippen molar-refractivity contribution in [3.8, 4) is 0 Å². The van der Waals surface area contributed by atoms with Crippen molar-refractivity contribution in [1.29, 1.82) is 0 Å². The summed E-state index contributed by atoms with van der Waals surface area (Å²) in [5.41, 5.74) is 6.55. The molecule has 1 saturated carbocycles. The van der Waals surface area contributed by atoms with E-state index in [9.17, 15) is 5.11 Å². The summed E-state index contributed by atoms with van der Waals surface area (Å²) >= 11 is 11.7. The van der Waals surface area contributed by atoms with Gasteiger partial charge in [0.05, 0.1) is 6.10 Å². The van der Waals surface area contributed by atoms with Gasteiger partial charge in [0.2, 0.25) is 0 Å². The molecule has 1 fully saturated rings. The second-order valence-electron chi connectivity index (χ2n) is 4.05. The van der Waals surface area contributed by atoms with Gasteiger partial charge in [0.25, 0.3) is 0 Å². The van der Waals surface area contributed by atoms with E-state index in [-0.39, 0.29) is 11.5 Å². The lowest BCUT2D eigenvalue weighted by atomic mass is 9.63. The van der Waals surface area contributed by atoms with E-state index in [4.69, 9.17) is 28.9 Å². The number of nitrogens with two attached hydrogens (primary N) is 1. The first-order valence-corrected chi connectivity index (χ1v) is 5.53. The fourth-order valence-corrected chi connectivity index (χ4v) is 2.59. The fraction of sp³-hybridized carbons (Fsp3) is 0.500. The molecule has 0 radical (unpaired) electrons. The summed E-state index contributed by atoms with van der Waals surface area (Å²) in [4.78, 5) is 3.89. The predicted octanol–water partition coefficient (Wildman–Crippen LogP) is 1.74. The Kier molecular flexibility index (Phi) is 2.90. The van der Waals surface area contributed by atoms with E-state index in [1.54, 1.807) is 12.1 Å². The first-order chi connectivity index (χ1) is 7.05. The highest BCUT2D eigenvalue weighted by atomic mass is 35.5. The van der Waals surface area contributed by atoms with Gasteiger partial charge in [-0.1, -0.05) is 23.2 Å². The van der Waals surface area contributed by atoms with Crippen LogP contribution in [0.4, 0.5) is 0 Å². The highest BCUT2D eigenvalue weighted by Gasteiger charge is 2.44. The van der Waals surface area contributed by atoms with Crippen molar-refractivity contribution in [3.05, 3.63) is 28.0 Å². The predicted molar refractivity (Wildman–Crippen MR) is 60.2 cm³/mol. The molecule has 0 aliphatic heterocycles. The molecular formula is C10H12Cl2N2O. The number of hydrogen-bond donors (Lipinski definition) is 2. The molecule has 15 heavy (non-hydrogen) atoms. The van der Waals surface area contributed by atoms with Crippen LogP contribution in [-0.4, -0.2) is 22.7 Å². The fourth-order valence-electron chi connectivity index (χ4n) is 2.13. The lowest BCUT2D eigenvalue weighted by Gasteiger charge is -2.45. The summed E-state index contributed by atoms with van der Waals surface area (Å²) in [6.07, 6.45) is 1.07.